The Kier molecular flexibility index (Phi) is 3.72. The fraction of sp³-hybridized carbons (Fsp3) is 0.450. The molecule has 4 rings (SSSR count). The second-order valence-corrected chi connectivity index (χ2v) is 6.80. The van der Waals surface area contributed by atoms with E-state index in [4.69, 9.17) is 4.74 Å². The zero-order chi connectivity index (χ0) is 15.8. The molecule has 2 aliphatic carbocycles. The number of benzene rings is 1. The maximum absolute atomic E-state index is 11.7. The maximum atomic E-state index is 11.7. The van der Waals surface area contributed by atoms with Crippen LogP contribution in [0, 0.1) is 5.92 Å². The summed E-state index contributed by atoms with van der Waals surface area (Å²) in [5.41, 5.74) is 4.84. The van der Waals surface area contributed by atoms with E-state index < -0.39 is 0 Å². The van der Waals surface area contributed by atoms with E-state index in [1.807, 2.05) is 12.1 Å². The van der Waals surface area contributed by atoms with E-state index in [0.29, 0.717) is 11.6 Å². The Hall–Kier alpha value is -2.03. The van der Waals surface area contributed by atoms with Gasteiger partial charge >= 0.3 is 5.97 Å². The topological polar surface area (TPSA) is 29.5 Å². The molecule has 3 nitrogen and oxygen atoms in total. The summed E-state index contributed by atoms with van der Waals surface area (Å²) in [6, 6.07) is 8.51. The predicted octanol–water partition coefficient (Wildman–Crippen LogP) is 4.46. The minimum atomic E-state index is -0.272. The molecule has 2 atom stereocenters. The first-order valence-electron chi connectivity index (χ1n) is 8.64. The molecule has 1 aromatic rings. The highest BCUT2D eigenvalue weighted by atomic mass is 16.5. The van der Waals surface area contributed by atoms with Crippen molar-refractivity contribution in [2.45, 2.75) is 44.6 Å². The molecule has 3 heteroatoms. The summed E-state index contributed by atoms with van der Waals surface area (Å²) in [7, 11) is 1.42. The molecule has 3 aliphatic rings. The van der Waals surface area contributed by atoms with E-state index in [1.54, 1.807) is 5.57 Å². The molecule has 1 fully saturated rings. The molecule has 0 radical (unpaired) electrons. The Labute approximate surface area is 137 Å². The molecule has 0 bridgehead atoms. The van der Waals surface area contributed by atoms with Crippen LogP contribution >= 0.6 is 0 Å². The lowest BCUT2D eigenvalue weighted by Crippen LogP contribution is -2.41. The van der Waals surface area contributed by atoms with Crippen molar-refractivity contribution in [3.63, 3.8) is 0 Å². The normalized spacial score (nSPS) is 26.0. The van der Waals surface area contributed by atoms with Gasteiger partial charge in [-0.1, -0.05) is 12.5 Å². The molecule has 1 heterocycles. The number of methoxy groups -OCH3 is 1. The van der Waals surface area contributed by atoms with E-state index in [9.17, 15) is 4.79 Å². The van der Waals surface area contributed by atoms with Crippen LogP contribution in [0.4, 0.5) is 5.69 Å². The van der Waals surface area contributed by atoms with Crippen molar-refractivity contribution in [3.8, 4) is 0 Å². The molecule has 0 saturated heterocycles. The molecule has 1 aliphatic heterocycles. The first kappa shape index (κ1) is 14.6. The molecule has 120 valence electrons. The van der Waals surface area contributed by atoms with Gasteiger partial charge in [0.25, 0.3) is 0 Å². The minimum absolute atomic E-state index is 0.272. The average Bonchev–Trinajstić information content (AvgIpc) is 3.07. The Morgan fingerprint density at radius 1 is 1.22 bits per heavy atom. The van der Waals surface area contributed by atoms with Gasteiger partial charge < -0.3 is 9.64 Å². The van der Waals surface area contributed by atoms with E-state index in [-0.39, 0.29) is 5.97 Å². The van der Waals surface area contributed by atoms with Crippen molar-refractivity contribution in [2.24, 2.45) is 5.92 Å². The van der Waals surface area contributed by atoms with Gasteiger partial charge in [-0.25, -0.2) is 4.79 Å². The molecule has 0 aromatic heterocycles. The van der Waals surface area contributed by atoms with Gasteiger partial charge in [0.1, 0.15) is 0 Å². The quantitative estimate of drug-likeness (QED) is 0.756. The van der Waals surface area contributed by atoms with Gasteiger partial charge in [0.05, 0.1) is 12.7 Å². The number of hydrogen-bond acceptors (Lipinski definition) is 3. The zero-order valence-electron chi connectivity index (χ0n) is 13.6. The second kappa shape index (κ2) is 5.88. The van der Waals surface area contributed by atoms with Gasteiger partial charge in [-0.05, 0) is 73.9 Å². The van der Waals surface area contributed by atoms with Crippen LogP contribution in [0.3, 0.4) is 0 Å². The Bertz CT molecular complexity index is 671. The summed E-state index contributed by atoms with van der Waals surface area (Å²) in [6.07, 6.45) is 12.2. The fourth-order valence-corrected chi connectivity index (χ4v) is 4.45. The van der Waals surface area contributed by atoms with Crippen molar-refractivity contribution in [1.29, 1.82) is 0 Å². The van der Waals surface area contributed by atoms with Crippen LogP contribution in [-0.4, -0.2) is 19.1 Å². The number of fused-ring (bicyclic) bond motifs is 1. The maximum Gasteiger partial charge on any atom is 0.337 e. The third-order valence-electron chi connectivity index (χ3n) is 5.54. The van der Waals surface area contributed by atoms with Gasteiger partial charge in [-0.2, -0.15) is 0 Å². The summed E-state index contributed by atoms with van der Waals surface area (Å²) < 4.78 is 4.80. The van der Waals surface area contributed by atoms with Crippen LogP contribution in [0.5, 0.6) is 0 Å². The van der Waals surface area contributed by atoms with Crippen molar-refractivity contribution < 1.29 is 9.53 Å². The van der Waals surface area contributed by atoms with Gasteiger partial charge in [0.15, 0.2) is 0 Å². The predicted molar refractivity (Wildman–Crippen MR) is 91.4 cm³/mol. The Morgan fingerprint density at radius 2 is 2.04 bits per heavy atom. The largest absolute Gasteiger partial charge is 0.465 e. The molecule has 0 spiro atoms. The number of anilines is 1. The molecule has 1 aromatic carbocycles. The van der Waals surface area contributed by atoms with Crippen molar-refractivity contribution in [1.82, 2.24) is 0 Å². The van der Waals surface area contributed by atoms with E-state index in [2.05, 4.69) is 29.2 Å². The number of nitrogens with zero attached hydrogens (tertiary/aromatic N) is 1. The van der Waals surface area contributed by atoms with E-state index in [0.717, 1.165) is 5.92 Å². The summed E-state index contributed by atoms with van der Waals surface area (Å²) >= 11 is 0. The van der Waals surface area contributed by atoms with Crippen LogP contribution in [0.2, 0.25) is 0 Å². The number of ether oxygens (including phenoxy) is 1. The van der Waals surface area contributed by atoms with Crippen LogP contribution in [0.25, 0.3) is 0 Å². The summed E-state index contributed by atoms with van der Waals surface area (Å²) in [5, 5.41) is 0. The van der Waals surface area contributed by atoms with E-state index >= 15 is 0 Å². The molecule has 0 amide bonds. The van der Waals surface area contributed by atoms with Gasteiger partial charge in [-0.3, -0.25) is 0 Å². The SMILES string of the molecule is COC(=O)c1ccc(N2C3=C(CCC=C3)CC3CCCC32)cc1. The van der Waals surface area contributed by atoms with Gasteiger partial charge in [0, 0.05) is 17.4 Å². The number of allylic oxidation sites excluding steroid dienone is 3. The highest BCUT2D eigenvalue weighted by Crippen LogP contribution is 2.45. The van der Waals surface area contributed by atoms with Crippen molar-refractivity contribution in [2.75, 3.05) is 12.0 Å². The lowest BCUT2D eigenvalue weighted by molar-refractivity contribution is 0.0601. The molecule has 0 N–H and O–H groups in total. The van der Waals surface area contributed by atoms with Crippen LogP contribution in [0.1, 0.15) is 48.9 Å². The first-order chi connectivity index (χ1) is 11.3. The number of carbonyl (C=O) groups excluding carboxylic acids is 1. The Balaban J connectivity index is 1.72. The molecule has 1 saturated carbocycles. The van der Waals surface area contributed by atoms with Crippen LogP contribution in [0.15, 0.2) is 47.7 Å². The number of rotatable bonds is 2. The molecule has 23 heavy (non-hydrogen) atoms. The minimum Gasteiger partial charge on any atom is -0.465 e. The third-order valence-corrected chi connectivity index (χ3v) is 5.54. The van der Waals surface area contributed by atoms with Crippen LogP contribution in [-0.2, 0) is 4.74 Å². The summed E-state index contributed by atoms with van der Waals surface area (Å²) in [6.45, 7) is 0. The van der Waals surface area contributed by atoms with Gasteiger partial charge in [-0.15, -0.1) is 0 Å². The summed E-state index contributed by atoms with van der Waals surface area (Å²) in [5.74, 6) is 0.520. The molecule has 2 unspecified atom stereocenters. The number of carbonyl (C=O) groups is 1. The number of hydrogen-bond donors (Lipinski definition) is 0. The lowest BCUT2D eigenvalue weighted by Gasteiger charge is -2.42. The second-order valence-electron chi connectivity index (χ2n) is 6.80. The van der Waals surface area contributed by atoms with Crippen LogP contribution < -0.4 is 4.90 Å². The average molecular weight is 309 g/mol. The first-order valence-corrected chi connectivity index (χ1v) is 8.64. The number of esters is 1. The standard InChI is InChI=1S/C20H23NO2/c1-23-20(22)14-9-11-17(12-10-14)21-18-7-3-2-5-15(18)13-16-6-4-8-19(16)21/h3,7,9-12,16,19H,2,4-6,8,13H2,1H3. The van der Waals surface area contributed by atoms with Crippen molar-refractivity contribution >= 4 is 11.7 Å². The molecular formula is C20H23NO2. The smallest absolute Gasteiger partial charge is 0.337 e. The highest BCUT2D eigenvalue weighted by molar-refractivity contribution is 5.89. The Morgan fingerprint density at radius 3 is 2.83 bits per heavy atom. The third kappa shape index (κ3) is 2.48. The lowest BCUT2D eigenvalue weighted by atomic mass is 9.83. The fourth-order valence-electron chi connectivity index (χ4n) is 4.45. The monoisotopic (exact) mass is 309 g/mol. The zero-order valence-corrected chi connectivity index (χ0v) is 13.6. The molecular weight excluding hydrogens is 286 g/mol. The van der Waals surface area contributed by atoms with Crippen molar-refractivity contribution in [3.05, 3.63) is 53.3 Å². The highest BCUT2D eigenvalue weighted by Gasteiger charge is 2.39. The summed E-state index contributed by atoms with van der Waals surface area (Å²) in [4.78, 5) is 14.2. The van der Waals surface area contributed by atoms with Gasteiger partial charge in [0.2, 0.25) is 0 Å². The van der Waals surface area contributed by atoms with E-state index in [1.165, 1.54) is 57.0 Å².